The molecule has 2 aromatic carbocycles. The number of H-pyrrole nitrogens is 1. The van der Waals surface area contributed by atoms with Gasteiger partial charge in [-0.1, -0.05) is 35.9 Å². The van der Waals surface area contributed by atoms with E-state index in [2.05, 4.69) is 46.1 Å². The van der Waals surface area contributed by atoms with Gasteiger partial charge in [-0.15, -0.1) is 0 Å². The van der Waals surface area contributed by atoms with Crippen LogP contribution in [-0.2, 0) is 0 Å². The average Bonchev–Trinajstić information content (AvgIpc) is 3.37. The number of fused-ring (bicyclic) bond motifs is 1. The van der Waals surface area contributed by atoms with E-state index < -0.39 is 0 Å². The predicted molar refractivity (Wildman–Crippen MR) is 108 cm³/mol. The van der Waals surface area contributed by atoms with Gasteiger partial charge in [-0.3, -0.25) is 4.98 Å². The zero-order valence-corrected chi connectivity index (χ0v) is 15.3. The van der Waals surface area contributed by atoms with Gasteiger partial charge in [-0.25, -0.2) is 9.97 Å². The quantitative estimate of drug-likeness (QED) is 0.580. The monoisotopic (exact) mass is 355 g/mol. The molecule has 5 rings (SSSR count). The first-order chi connectivity index (χ1) is 13.3. The highest BCUT2D eigenvalue weighted by molar-refractivity contribution is 5.75. The van der Waals surface area contributed by atoms with Crippen LogP contribution >= 0.6 is 0 Å². The van der Waals surface area contributed by atoms with Crippen LogP contribution in [0.5, 0.6) is 0 Å². The Morgan fingerprint density at radius 2 is 1.89 bits per heavy atom. The lowest BCUT2D eigenvalue weighted by atomic mass is 10.1. The number of imidazole rings is 1. The maximum absolute atomic E-state index is 4.83. The molecule has 1 aliphatic heterocycles. The number of nitrogens with zero attached hydrogens (tertiary/aromatic N) is 4. The second-order valence-corrected chi connectivity index (χ2v) is 7.12. The smallest absolute Gasteiger partial charge is 0.148 e. The van der Waals surface area contributed by atoms with Gasteiger partial charge in [0.1, 0.15) is 11.6 Å². The van der Waals surface area contributed by atoms with Crippen LogP contribution in [0.4, 0.5) is 5.82 Å². The Bertz CT molecular complexity index is 1100. The second-order valence-electron chi connectivity index (χ2n) is 7.12. The van der Waals surface area contributed by atoms with Crippen molar-refractivity contribution in [2.75, 3.05) is 11.4 Å². The molecule has 0 aliphatic carbocycles. The molecule has 5 nitrogen and oxygen atoms in total. The second kappa shape index (κ2) is 6.50. The Labute approximate surface area is 158 Å². The summed E-state index contributed by atoms with van der Waals surface area (Å²) in [7, 11) is 0. The summed E-state index contributed by atoms with van der Waals surface area (Å²) in [6.45, 7) is 3.08. The Balaban J connectivity index is 1.47. The predicted octanol–water partition coefficient (Wildman–Crippen LogP) is 4.67. The molecule has 1 saturated heterocycles. The van der Waals surface area contributed by atoms with Crippen LogP contribution in [0.15, 0.2) is 60.9 Å². The Hall–Kier alpha value is -3.21. The Kier molecular flexibility index (Phi) is 3.85. The highest BCUT2D eigenvalue weighted by Gasteiger charge is 2.29. The van der Waals surface area contributed by atoms with E-state index in [0.29, 0.717) is 0 Å². The van der Waals surface area contributed by atoms with E-state index >= 15 is 0 Å². The lowest BCUT2D eigenvalue weighted by Gasteiger charge is -2.24. The molecular formula is C22H21N5. The Morgan fingerprint density at radius 1 is 1.00 bits per heavy atom. The van der Waals surface area contributed by atoms with Crippen molar-refractivity contribution in [3.05, 3.63) is 72.3 Å². The largest absolute Gasteiger partial charge is 0.345 e. The summed E-state index contributed by atoms with van der Waals surface area (Å²) in [4.78, 5) is 20.0. The molecule has 0 radical (unpaired) electrons. The van der Waals surface area contributed by atoms with Gasteiger partial charge in [0.25, 0.3) is 0 Å². The first-order valence-corrected chi connectivity index (χ1v) is 9.38. The number of benzene rings is 2. The lowest BCUT2D eigenvalue weighted by Crippen LogP contribution is -2.24. The first kappa shape index (κ1) is 16.0. The summed E-state index contributed by atoms with van der Waals surface area (Å²) in [6, 6.07) is 16.7. The van der Waals surface area contributed by atoms with Crippen LogP contribution in [0.25, 0.3) is 22.3 Å². The number of aromatic amines is 1. The normalized spacial score (nSPS) is 16.9. The average molecular weight is 355 g/mol. The molecule has 0 unspecified atom stereocenters. The standard InChI is InChI=1S/C22H21N5/c1-15-6-4-7-16(12-15)19-13-24-22(26-19)20-10-5-11-27(20)21-14-23-17-8-2-3-9-18(17)25-21/h2-4,6-9,12-14,20H,5,10-11H2,1H3,(H,24,26)/t20-/m0/s1. The van der Waals surface area contributed by atoms with Crippen LogP contribution in [-0.4, -0.2) is 26.5 Å². The molecule has 5 heteroatoms. The van der Waals surface area contributed by atoms with E-state index in [4.69, 9.17) is 9.97 Å². The van der Waals surface area contributed by atoms with E-state index in [1.807, 2.05) is 36.7 Å². The van der Waals surface area contributed by atoms with E-state index in [1.54, 1.807) is 0 Å². The third-order valence-corrected chi connectivity index (χ3v) is 5.22. The molecule has 0 spiro atoms. The number of hydrogen-bond acceptors (Lipinski definition) is 4. The molecule has 1 fully saturated rings. The van der Waals surface area contributed by atoms with E-state index in [0.717, 1.165) is 47.8 Å². The molecule has 1 aliphatic rings. The molecule has 0 saturated carbocycles. The molecule has 2 aromatic heterocycles. The zero-order valence-electron chi connectivity index (χ0n) is 15.3. The molecule has 4 aromatic rings. The molecule has 3 heterocycles. The van der Waals surface area contributed by atoms with E-state index in [9.17, 15) is 0 Å². The molecular weight excluding hydrogens is 334 g/mol. The van der Waals surface area contributed by atoms with Crippen LogP contribution in [0.3, 0.4) is 0 Å². The fraction of sp³-hybridized carbons (Fsp3) is 0.227. The molecule has 1 N–H and O–H groups in total. The van der Waals surface area contributed by atoms with Crippen molar-refractivity contribution in [1.29, 1.82) is 0 Å². The number of para-hydroxylation sites is 2. The van der Waals surface area contributed by atoms with Gasteiger partial charge in [-0.05, 0) is 43.5 Å². The van der Waals surface area contributed by atoms with Crippen molar-refractivity contribution >= 4 is 16.9 Å². The summed E-state index contributed by atoms with van der Waals surface area (Å²) >= 11 is 0. The summed E-state index contributed by atoms with van der Waals surface area (Å²) < 4.78 is 0. The summed E-state index contributed by atoms with van der Waals surface area (Å²) in [5.74, 6) is 1.92. The third-order valence-electron chi connectivity index (χ3n) is 5.22. The van der Waals surface area contributed by atoms with Gasteiger partial charge in [0, 0.05) is 6.54 Å². The van der Waals surface area contributed by atoms with Gasteiger partial charge in [-0.2, -0.15) is 0 Å². The maximum atomic E-state index is 4.83. The van der Waals surface area contributed by atoms with Crippen LogP contribution < -0.4 is 4.90 Å². The number of hydrogen-bond donors (Lipinski definition) is 1. The number of nitrogens with one attached hydrogen (secondary N) is 1. The van der Waals surface area contributed by atoms with Crippen LogP contribution in [0.1, 0.15) is 30.3 Å². The highest BCUT2D eigenvalue weighted by atomic mass is 15.3. The highest BCUT2D eigenvalue weighted by Crippen LogP contribution is 2.35. The SMILES string of the molecule is Cc1cccc(-c2cnc([C@@H]3CCCN3c3cnc4ccccc4n3)[nH]2)c1. The van der Waals surface area contributed by atoms with Gasteiger partial charge < -0.3 is 9.88 Å². The van der Waals surface area contributed by atoms with Gasteiger partial charge >= 0.3 is 0 Å². The number of aromatic nitrogens is 4. The van der Waals surface area contributed by atoms with E-state index in [-0.39, 0.29) is 6.04 Å². The third kappa shape index (κ3) is 2.95. The fourth-order valence-corrected chi connectivity index (χ4v) is 3.88. The summed E-state index contributed by atoms with van der Waals surface area (Å²) in [6.07, 6.45) is 6.01. The van der Waals surface area contributed by atoms with Gasteiger partial charge in [0.05, 0.1) is 35.2 Å². The fourth-order valence-electron chi connectivity index (χ4n) is 3.88. The summed E-state index contributed by atoms with van der Waals surface area (Å²) in [5.41, 5.74) is 5.34. The minimum absolute atomic E-state index is 0.207. The topological polar surface area (TPSA) is 57.7 Å². The number of anilines is 1. The molecule has 0 bridgehead atoms. The summed E-state index contributed by atoms with van der Waals surface area (Å²) in [5, 5.41) is 0. The Morgan fingerprint density at radius 3 is 2.78 bits per heavy atom. The van der Waals surface area contributed by atoms with Gasteiger partial charge in [0.2, 0.25) is 0 Å². The van der Waals surface area contributed by atoms with Crippen LogP contribution in [0.2, 0.25) is 0 Å². The van der Waals surface area contributed by atoms with E-state index in [1.165, 1.54) is 11.1 Å². The van der Waals surface area contributed by atoms with Gasteiger partial charge in [0.15, 0.2) is 0 Å². The first-order valence-electron chi connectivity index (χ1n) is 9.38. The van der Waals surface area contributed by atoms with Crippen molar-refractivity contribution < 1.29 is 0 Å². The maximum Gasteiger partial charge on any atom is 0.148 e. The van der Waals surface area contributed by atoms with Crippen LogP contribution in [0, 0.1) is 6.92 Å². The molecule has 1 atom stereocenters. The van der Waals surface area contributed by atoms with Crippen molar-refractivity contribution in [3.63, 3.8) is 0 Å². The number of aryl methyl sites for hydroxylation is 1. The van der Waals surface area contributed by atoms with Crippen molar-refractivity contribution in [2.45, 2.75) is 25.8 Å². The number of rotatable bonds is 3. The molecule has 27 heavy (non-hydrogen) atoms. The zero-order chi connectivity index (χ0) is 18.2. The minimum atomic E-state index is 0.207. The van der Waals surface area contributed by atoms with Crippen molar-refractivity contribution in [3.8, 4) is 11.3 Å². The molecule has 0 amide bonds. The minimum Gasteiger partial charge on any atom is -0.345 e. The lowest BCUT2D eigenvalue weighted by molar-refractivity contribution is 0.670. The van der Waals surface area contributed by atoms with Crippen molar-refractivity contribution in [1.82, 2.24) is 19.9 Å². The molecule has 134 valence electrons. The van der Waals surface area contributed by atoms with Crippen molar-refractivity contribution in [2.24, 2.45) is 0 Å².